The molecule has 0 bridgehead atoms. The molecule has 6 nitrogen and oxygen atoms in total. The lowest BCUT2D eigenvalue weighted by Crippen LogP contribution is -2.35. The highest BCUT2D eigenvalue weighted by atomic mass is 16.4. The fourth-order valence-electron chi connectivity index (χ4n) is 2.04. The molecule has 6 heteroatoms. The van der Waals surface area contributed by atoms with Gasteiger partial charge in [0, 0.05) is 12.8 Å². The van der Waals surface area contributed by atoms with Crippen molar-refractivity contribution in [2.45, 2.75) is 25.7 Å². The lowest BCUT2D eigenvalue weighted by molar-refractivity contribution is -0.125. The summed E-state index contributed by atoms with van der Waals surface area (Å²) in [5, 5.41) is 18.3. The van der Waals surface area contributed by atoms with Crippen molar-refractivity contribution in [2.75, 3.05) is 4.90 Å². The predicted molar refractivity (Wildman–Crippen MR) is 66.0 cm³/mol. The summed E-state index contributed by atoms with van der Waals surface area (Å²) in [6.07, 6.45) is 1.81. The molecule has 19 heavy (non-hydrogen) atoms. The van der Waals surface area contributed by atoms with Crippen LogP contribution in [0.2, 0.25) is 0 Å². The predicted octanol–water partition coefficient (Wildman–Crippen LogP) is 1.52. The average molecular weight is 263 g/mol. The van der Waals surface area contributed by atoms with Crippen LogP contribution in [0.4, 0.5) is 5.69 Å². The van der Waals surface area contributed by atoms with Gasteiger partial charge in [-0.25, -0.2) is 4.79 Å². The summed E-state index contributed by atoms with van der Waals surface area (Å²) in [4.78, 5) is 35.7. The lowest BCUT2D eigenvalue weighted by atomic mass is 10.1. The van der Waals surface area contributed by atoms with Crippen LogP contribution in [-0.4, -0.2) is 28.0 Å². The SMILES string of the molecule is O=C(O)c1cc(N2C(=O)CCCCC2=O)ccc1O. The zero-order valence-corrected chi connectivity index (χ0v) is 10.1. The molecule has 2 amide bonds. The molecule has 0 atom stereocenters. The molecule has 100 valence electrons. The number of benzene rings is 1. The Labute approximate surface area is 109 Å². The van der Waals surface area contributed by atoms with Crippen molar-refractivity contribution in [1.29, 1.82) is 0 Å². The Morgan fingerprint density at radius 3 is 2.21 bits per heavy atom. The van der Waals surface area contributed by atoms with Crippen molar-refractivity contribution in [1.82, 2.24) is 0 Å². The van der Waals surface area contributed by atoms with Gasteiger partial charge >= 0.3 is 5.97 Å². The van der Waals surface area contributed by atoms with Crippen LogP contribution in [0.15, 0.2) is 18.2 Å². The minimum Gasteiger partial charge on any atom is -0.507 e. The molecular weight excluding hydrogens is 250 g/mol. The first-order valence-electron chi connectivity index (χ1n) is 5.93. The van der Waals surface area contributed by atoms with E-state index in [2.05, 4.69) is 0 Å². The van der Waals surface area contributed by atoms with Gasteiger partial charge in [0.2, 0.25) is 11.8 Å². The number of rotatable bonds is 2. The van der Waals surface area contributed by atoms with E-state index in [0.29, 0.717) is 12.8 Å². The molecule has 0 aliphatic carbocycles. The molecule has 1 aromatic carbocycles. The van der Waals surface area contributed by atoms with Gasteiger partial charge in [-0.2, -0.15) is 0 Å². The number of amides is 2. The van der Waals surface area contributed by atoms with E-state index in [9.17, 15) is 19.5 Å². The van der Waals surface area contributed by atoms with Gasteiger partial charge in [-0.15, -0.1) is 0 Å². The number of imide groups is 1. The molecule has 0 saturated carbocycles. The third-order valence-corrected chi connectivity index (χ3v) is 3.00. The molecule has 0 spiro atoms. The van der Waals surface area contributed by atoms with Crippen LogP contribution < -0.4 is 4.90 Å². The fourth-order valence-corrected chi connectivity index (χ4v) is 2.04. The van der Waals surface area contributed by atoms with Gasteiger partial charge in [0.05, 0.1) is 5.69 Å². The largest absolute Gasteiger partial charge is 0.507 e. The van der Waals surface area contributed by atoms with E-state index in [0.717, 1.165) is 11.0 Å². The van der Waals surface area contributed by atoms with E-state index in [1.807, 2.05) is 0 Å². The van der Waals surface area contributed by atoms with Crippen LogP contribution in [0.5, 0.6) is 5.75 Å². The summed E-state index contributed by atoms with van der Waals surface area (Å²) < 4.78 is 0. The number of aromatic carboxylic acids is 1. The molecule has 1 saturated heterocycles. The number of carbonyl (C=O) groups is 3. The second-order valence-corrected chi connectivity index (χ2v) is 4.34. The van der Waals surface area contributed by atoms with E-state index in [1.54, 1.807) is 0 Å². The summed E-state index contributed by atoms with van der Waals surface area (Å²) in [5.74, 6) is -2.39. The monoisotopic (exact) mass is 263 g/mol. The summed E-state index contributed by atoms with van der Waals surface area (Å²) in [6, 6.07) is 3.67. The average Bonchev–Trinajstić information content (AvgIpc) is 2.52. The maximum atomic E-state index is 11.9. The van der Waals surface area contributed by atoms with Crippen molar-refractivity contribution in [3.63, 3.8) is 0 Å². The van der Waals surface area contributed by atoms with E-state index < -0.39 is 11.7 Å². The highest BCUT2D eigenvalue weighted by molar-refractivity contribution is 6.15. The Morgan fingerprint density at radius 1 is 1.11 bits per heavy atom. The molecule has 1 aromatic rings. The molecule has 0 radical (unpaired) electrons. The van der Waals surface area contributed by atoms with Crippen molar-refractivity contribution in [3.05, 3.63) is 23.8 Å². The Morgan fingerprint density at radius 2 is 1.68 bits per heavy atom. The Hall–Kier alpha value is -2.37. The second kappa shape index (κ2) is 5.09. The van der Waals surface area contributed by atoms with Gasteiger partial charge in [-0.3, -0.25) is 14.5 Å². The normalized spacial score (nSPS) is 16.3. The standard InChI is InChI=1S/C13H13NO5/c15-10-6-5-8(7-9(10)13(18)19)14-11(16)3-1-2-4-12(14)17/h5-7,15H,1-4H2,(H,18,19). The maximum Gasteiger partial charge on any atom is 0.339 e. The molecule has 2 N–H and O–H groups in total. The quantitative estimate of drug-likeness (QED) is 0.789. The van der Waals surface area contributed by atoms with Gasteiger partial charge in [-0.1, -0.05) is 0 Å². The van der Waals surface area contributed by atoms with E-state index in [-0.39, 0.29) is 35.9 Å². The molecule has 2 rings (SSSR count). The Kier molecular flexibility index (Phi) is 3.50. The van der Waals surface area contributed by atoms with Crippen LogP contribution in [-0.2, 0) is 9.59 Å². The number of phenols is 1. The van der Waals surface area contributed by atoms with Crippen LogP contribution in [0.25, 0.3) is 0 Å². The van der Waals surface area contributed by atoms with Gasteiger partial charge in [0.15, 0.2) is 0 Å². The zero-order chi connectivity index (χ0) is 14.0. The minimum absolute atomic E-state index is 0.187. The summed E-state index contributed by atoms with van der Waals surface area (Å²) in [5.41, 5.74) is -0.144. The summed E-state index contributed by atoms with van der Waals surface area (Å²) in [6.45, 7) is 0. The first-order chi connectivity index (χ1) is 9.00. The highest BCUT2D eigenvalue weighted by Crippen LogP contribution is 2.27. The van der Waals surface area contributed by atoms with Crippen LogP contribution in [0, 0.1) is 0 Å². The topological polar surface area (TPSA) is 94.9 Å². The summed E-state index contributed by atoms with van der Waals surface area (Å²) >= 11 is 0. The fraction of sp³-hybridized carbons (Fsp3) is 0.308. The first-order valence-corrected chi connectivity index (χ1v) is 5.93. The maximum absolute atomic E-state index is 11.9. The first kappa shape index (κ1) is 13.1. The lowest BCUT2D eigenvalue weighted by Gasteiger charge is -2.19. The Balaban J connectivity index is 2.44. The number of hydrogen-bond donors (Lipinski definition) is 2. The van der Waals surface area contributed by atoms with Gasteiger partial charge in [0.1, 0.15) is 11.3 Å². The minimum atomic E-state index is -1.31. The highest BCUT2D eigenvalue weighted by Gasteiger charge is 2.26. The van der Waals surface area contributed by atoms with Gasteiger partial charge < -0.3 is 10.2 Å². The molecule has 0 aromatic heterocycles. The number of hydrogen-bond acceptors (Lipinski definition) is 4. The van der Waals surface area contributed by atoms with Crippen molar-refractivity contribution in [2.24, 2.45) is 0 Å². The Bertz CT molecular complexity index is 534. The molecule has 1 fully saturated rings. The molecular formula is C13H13NO5. The molecule has 1 aliphatic heterocycles. The van der Waals surface area contributed by atoms with Crippen molar-refractivity contribution in [3.8, 4) is 5.75 Å². The smallest absolute Gasteiger partial charge is 0.339 e. The molecule has 1 aliphatic rings. The van der Waals surface area contributed by atoms with Crippen LogP contribution in [0.1, 0.15) is 36.0 Å². The van der Waals surface area contributed by atoms with Crippen molar-refractivity contribution < 1.29 is 24.6 Å². The summed E-state index contributed by atoms with van der Waals surface area (Å²) in [7, 11) is 0. The number of carboxylic acid groups (broad SMARTS) is 1. The second-order valence-electron chi connectivity index (χ2n) is 4.34. The van der Waals surface area contributed by atoms with Gasteiger partial charge in [-0.05, 0) is 31.0 Å². The zero-order valence-electron chi connectivity index (χ0n) is 10.1. The van der Waals surface area contributed by atoms with Crippen LogP contribution in [0.3, 0.4) is 0 Å². The van der Waals surface area contributed by atoms with Crippen LogP contribution >= 0.6 is 0 Å². The third-order valence-electron chi connectivity index (χ3n) is 3.00. The number of aromatic hydroxyl groups is 1. The number of carbonyl (C=O) groups excluding carboxylic acids is 2. The van der Waals surface area contributed by atoms with E-state index >= 15 is 0 Å². The molecule has 0 unspecified atom stereocenters. The molecule has 1 heterocycles. The van der Waals surface area contributed by atoms with E-state index in [4.69, 9.17) is 5.11 Å². The van der Waals surface area contributed by atoms with Crippen molar-refractivity contribution >= 4 is 23.5 Å². The number of nitrogens with zero attached hydrogens (tertiary/aromatic N) is 1. The third kappa shape index (κ3) is 2.57. The number of carboxylic acids is 1. The van der Waals surface area contributed by atoms with Gasteiger partial charge in [0.25, 0.3) is 0 Å². The number of anilines is 1. The van der Waals surface area contributed by atoms with E-state index in [1.165, 1.54) is 12.1 Å².